The van der Waals surface area contributed by atoms with Gasteiger partial charge in [0.1, 0.15) is 11.4 Å². The number of nitrogens with zero attached hydrogens (tertiary/aromatic N) is 2. The summed E-state index contributed by atoms with van der Waals surface area (Å²) in [7, 11) is 0. The molecule has 29 heavy (non-hydrogen) atoms. The molecule has 1 amide bonds. The molecule has 1 aliphatic carbocycles. The summed E-state index contributed by atoms with van der Waals surface area (Å²) in [4.78, 5) is 31.7. The Labute approximate surface area is 174 Å². The van der Waals surface area contributed by atoms with Gasteiger partial charge in [0.25, 0.3) is 5.56 Å². The third-order valence-corrected chi connectivity index (χ3v) is 6.40. The molecule has 0 radical (unpaired) electrons. The molecule has 6 heteroatoms. The van der Waals surface area contributed by atoms with Gasteiger partial charge in [-0.3, -0.25) is 14.2 Å². The summed E-state index contributed by atoms with van der Waals surface area (Å²) in [5.74, 6) is -0.155. The molecule has 150 valence electrons. The lowest BCUT2D eigenvalue weighted by atomic mass is 9.97. The molecule has 0 atom stereocenters. The number of fused-ring (bicyclic) bond motifs is 1. The number of carbonyl (C=O) groups is 1. The van der Waals surface area contributed by atoms with Gasteiger partial charge in [-0.1, -0.05) is 42.0 Å². The molecule has 0 saturated heterocycles. The molecule has 5 nitrogen and oxygen atoms in total. The Hall–Kier alpha value is -2.73. The monoisotopic (exact) mass is 407 g/mol. The van der Waals surface area contributed by atoms with Crippen LogP contribution in [0, 0.1) is 6.92 Å². The fraction of sp³-hybridized carbons (Fsp3) is 0.348. The van der Waals surface area contributed by atoms with Gasteiger partial charge in [-0.05, 0) is 44.6 Å². The van der Waals surface area contributed by atoms with Crippen LogP contribution in [0.1, 0.15) is 37.0 Å². The Morgan fingerprint density at radius 3 is 2.83 bits per heavy atom. The van der Waals surface area contributed by atoms with Crippen LogP contribution in [0.4, 0.5) is 0 Å². The maximum absolute atomic E-state index is 13.1. The lowest BCUT2D eigenvalue weighted by Crippen LogP contribution is -2.33. The van der Waals surface area contributed by atoms with Crippen LogP contribution in [-0.2, 0) is 11.3 Å². The zero-order valence-electron chi connectivity index (χ0n) is 16.6. The van der Waals surface area contributed by atoms with E-state index in [1.165, 1.54) is 40.6 Å². The van der Waals surface area contributed by atoms with Crippen LogP contribution in [0.25, 0.3) is 21.3 Å². The molecule has 4 rings (SSSR count). The molecule has 1 aromatic carbocycles. The van der Waals surface area contributed by atoms with Crippen LogP contribution in [0.3, 0.4) is 0 Å². The van der Waals surface area contributed by atoms with Gasteiger partial charge in [0, 0.05) is 17.0 Å². The zero-order valence-corrected chi connectivity index (χ0v) is 17.4. The molecule has 1 aliphatic rings. The number of rotatable bonds is 6. The summed E-state index contributed by atoms with van der Waals surface area (Å²) in [6.45, 7) is 2.61. The average molecular weight is 408 g/mol. The number of thiophene rings is 1. The van der Waals surface area contributed by atoms with E-state index >= 15 is 0 Å². The molecule has 0 unspecified atom stereocenters. The molecule has 0 aliphatic heterocycles. The highest BCUT2D eigenvalue weighted by molar-refractivity contribution is 7.19. The number of hydrogen-bond acceptors (Lipinski definition) is 4. The van der Waals surface area contributed by atoms with E-state index in [1.54, 1.807) is 0 Å². The Bertz CT molecular complexity index is 1110. The lowest BCUT2D eigenvalue weighted by Gasteiger charge is -2.13. The van der Waals surface area contributed by atoms with E-state index in [0.29, 0.717) is 16.8 Å². The van der Waals surface area contributed by atoms with Crippen molar-refractivity contribution < 1.29 is 4.79 Å². The van der Waals surface area contributed by atoms with E-state index in [0.717, 1.165) is 35.3 Å². The number of benzene rings is 1. The Kier molecular flexibility index (Phi) is 5.90. The predicted molar refractivity (Wildman–Crippen MR) is 118 cm³/mol. The summed E-state index contributed by atoms with van der Waals surface area (Å²) in [5, 5.41) is 3.54. The van der Waals surface area contributed by atoms with Gasteiger partial charge < -0.3 is 5.32 Å². The first kappa shape index (κ1) is 19.6. The molecule has 2 heterocycles. The van der Waals surface area contributed by atoms with Gasteiger partial charge >= 0.3 is 0 Å². The van der Waals surface area contributed by atoms with Crippen LogP contribution >= 0.6 is 11.3 Å². The Morgan fingerprint density at radius 2 is 2.07 bits per heavy atom. The first-order valence-corrected chi connectivity index (χ1v) is 10.9. The van der Waals surface area contributed by atoms with Gasteiger partial charge in [-0.2, -0.15) is 0 Å². The molecule has 3 aromatic rings. The van der Waals surface area contributed by atoms with Crippen molar-refractivity contribution in [1.82, 2.24) is 14.9 Å². The molecule has 0 bridgehead atoms. The first-order valence-electron chi connectivity index (χ1n) is 10.1. The smallest absolute Gasteiger partial charge is 0.263 e. The van der Waals surface area contributed by atoms with Gasteiger partial charge in [-0.15, -0.1) is 11.3 Å². The van der Waals surface area contributed by atoms with Crippen LogP contribution in [0.2, 0.25) is 0 Å². The second-order valence-electron chi connectivity index (χ2n) is 7.47. The highest BCUT2D eigenvalue weighted by Crippen LogP contribution is 2.35. The number of aromatic nitrogens is 2. The van der Waals surface area contributed by atoms with Crippen LogP contribution in [0.5, 0.6) is 0 Å². The van der Waals surface area contributed by atoms with Gasteiger partial charge in [0.05, 0.1) is 11.7 Å². The van der Waals surface area contributed by atoms with Crippen molar-refractivity contribution in [2.45, 2.75) is 45.6 Å². The summed E-state index contributed by atoms with van der Waals surface area (Å²) < 4.78 is 1.41. The lowest BCUT2D eigenvalue weighted by molar-refractivity contribution is -0.121. The number of aryl methyl sites for hydroxylation is 1. The number of allylic oxidation sites excluding steroid dienone is 1. The maximum atomic E-state index is 13.1. The highest BCUT2D eigenvalue weighted by atomic mass is 32.1. The van der Waals surface area contributed by atoms with Gasteiger partial charge in [-0.25, -0.2) is 4.98 Å². The number of amides is 1. The Morgan fingerprint density at radius 1 is 1.24 bits per heavy atom. The third kappa shape index (κ3) is 4.32. The first-order chi connectivity index (χ1) is 14.1. The van der Waals surface area contributed by atoms with Gasteiger partial charge in [0.15, 0.2) is 0 Å². The van der Waals surface area contributed by atoms with E-state index in [9.17, 15) is 9.59 Å². The van der Waals surface area contributed by atoms with Crippen molar-refractivity contribution in [3.05, 3.63) is 63.5 Å². The summed E-state index contributed by atoms with van der Waals surface area (Å²) in [6.07, 6.45) is 9.45. The van der Waals surface area contributed by atoms with Crippen molar-refractivity contribution >= 4 is 27.5 Å². The topological polar surface area (TPSA) is 64.0 Å². The average Bonchev–Trinajstić information content (AvgIpc) is 3.08. The fourth-order valence-electron chi connectivity index (χ4n) is 3.91. The number of hydrogen-bond donors (Lipinski definition) is 1. The molecular weight excluding hydrogens is 382 g/mol. The standard InChI is InChI=1S/C23H25N3O2S/c1-16-20(18-10-6-3-7-11-18)21-22(29-16)25-15-26(23(21)28)14-19(27)24-13-12-17-8-4-2-5-9-17/h3,6-8,10-11,15H,2,4-5,9,12-14H2,1H3,(H,24,27). The predicted octanol–water partition coefficient (Wildman–Crippen LogP) is 4.44. The number of carbonyl (C=O) groups excluding carboxylic acids is 1. The largest absolute Gasteiger partial charge is 0.354 e. The summed E-state index contributed by atoms with van der Waals surface area (Å²) >= 11 is 1.51. The van der Waals surface area contributed by atoms with Crippen LogP contribution in [0.15, 0.2) is 53.1 Å². The molecular formula is C23H25N3O2S. The minimum absolute atomic E-state index is 0.00998. The van der Waals surface area contributed by atoms with Crippen molar-refractivity contribution in [1.29, 1.82) is 0 Å². The molecule has 2 aromatic heterocycles. The van der Waals surface area contributed by atoms with E-state index in [1.807, 2.05) is 37.3 Å². The van der Waals surface area contributed by atoms with E-state index in [4.69, 9.17) is 0 Å². The molecule has 0 spiro atoms. The normalized spacial score (nSPS) is 14.0. The van der Waals surface area contributed by atoms with Crippen molar-refractivity contribution in [3.8, 4) is 11.1 Å². The van der Waals surface area contributed by atoms with Gasteiger partial charge in [0.2, 0.25) is 5.91 Å². The quantitative estimate of drug-likeness (QED) is 0.615. The van der Waals surface area contributed by atoms with Crippen molar-refractivity contribution in [3.63, 3.8) is 0 Å². The molecule has 1 N–H and O–H groups in total. The summed E-state index contributed by atoms with van der Waals surface area (Å²) in [6, 6.07) is 9.87. The molecule has 0 fully saturated rings. The van der Waals surface area contributed by atoms with E-state index in [-0.39, 0.29) is 18.0 Å². The highest BCUT2D eigenvalue weighted by Gasteiger charge is 2.17. The Balaban J connectivity index is 1.52. The zero-order chi connectivity index (χ0) is 20.2. The fourth-order valence-corrected chi connectivity index (χ4v) is 4.91. The van der Waals surface area contributed by atoms with Crippen LogP contribution in [-0.4, -0.2) is 22.0 Å². The number of nitrogens with one attached hydrogen (secondary N) is 1. The maximum Gasteiger partial charge on any atom is 0.263 e. The van der Waals surface area contributed by atoms with E-state index in [2.05, 4.69) is 16.4 Å². The van der Waals surface area contributed by atoms with Crippen molar-refractivity contribution in [2.24, 2.45) is 0 Å². The van der Waals surface area contributed by atoms with Crippen molar-refractivity contribution in [2.75, 3.05) is 6.54 Å². The minimum atomic E-state index is -0.164. The minimum Gasteiger partial charge on any atom is -0.354 e. The van der Waals surface area contributed by atoms with E-state index < -0.39 is 0 Å². The SMILES string of the molecule is Cc1sc2ncn(CC(=O)NCCC3=CCCCC3)c(=O)c2c1-c1ccccc1. The second kappa shape index (κ2) is 8.74. The third-order valence-electron chi connectivity index (χ3n) is 5.38. The van der Waals surface area contributed by atoms with Crippen LogP contribution < -0.4 is 10.9 Å². The molecule has 0 saturated carbocycles. The summed E-state index contributed by atoms with van der Waals surface area (Å²) in [5.41, 5.74) is 3.18. The second-order valence-corrected chi connectivity index (χ2v) is 8.67.